The van der Waals surface area contributed by atoms with Crippen molar-refractivity contribution in [1.29, 1.82) is 0 Å². The molecule has 0 saturated carbocycles. The molecule has 0 radical (unpaired) electrons. The molecule has 1 heterocycles. The first kappa shape index (κ1) is 16.5. The zero-order valence-electron chi connectivity index (χ0n) is 11.4. The molecule has 1 atom stereocenters. The molecule has 5 nitrogen and oxygen atoms in total. The minimum absolute atomic E-state index is 0. The van der Waals surface area contributed by atoms with Gasteiger partial charge in [0.2, 0.25) is 11.8 Å². The number of anilines is 2. The number of piperidine rings is 1. The van der Waals surface area contributed by atoms with Crippen LogP contribution in [0.2, 0.25) is 0 Å². The Labute approximate surface area is 124 Å². The molecule has 2 rings (SSSR count). The van der Waals surface area contributed by atoms with Gasteiger partial charge in [-0.05, 0) is 43.7 Å². The molecule has 0 spiro atoms. The second-order valence-electron chi connectivity index (χ2n) is 4.79. The molecule has 0 aliphatic carbocycles. The van der Waals surface area contributed by atoms with E-state index in [1.807, 2.05) is 0 Å². The molecule has 20 heavy (non-hydrogen) atoms. The summed E-state index contributed by atoms with van der Waals surface area (Å²) in [4.78, 5) is 22.9. The maximum Gasteiger partial charge on any atom is 0.228 e. The predicted octanol–water partition coefficient (Wildman–Crippen LogP) is 2.00. The second-order valence-corrected chi connectivity index (χ2v) is 4.79. The number of halogens is 1. The summed E-state index contributed by atoms with van der Waals surface area (Å²) in [5, 5.41) is 8.81. The van der Waals surface area contributed by atoms with Gasteiger partial charge in [0.15, 0.2) is 0 Å². The zero-order valence-corrected chi connectivity index (χ0v) is 12.3. The molecule has 2 amide bonds. The minimum atomic E-state index is -0.106. The Kier molecular flexibility index (Phi) is 6.48. The number of carbonyl (C=O) groups is 2. The predicted molar refractivity (Wildman–Crippen MR) is 82.2 cm³/mol. The van der Waals surface area contributed by atoms with Gasteiger partial charge in [-0.3, -0.25) is 9.59 Å². The van der Waals surface area contributed by atoms with Gasteiger partial charge in [-0.25, -0.2) is 0 Å². The van der Waals surface area contributed by atoms with Crippen molar-refractivity contribution in [3.63, 3.8) is 0 Å². The Balaban J connectivity index is 0.00000200. The lowest BCUT2D eigenvalue weighted by atomic mass is 9.99. The van der Waals surface area contributed by atoms with Crippen LogP contribution in [0.15, 0.2) is 24.3 Å². The van der Waals surface area contributed by atoms with Crippen LogP contribution in [0.1, 0.15) is 19.8 Å². The van der Waals surface area contributed by atoms with E-state index in [0.29, 0.717) is 0 Å². The zero-order chi connectivity index (χ0) is 13.7. The van der Waals surface area contributed by atoms with Gasteiger partial charge in [-0.1, -0.05) is 0 Å². The van der Waals surface area contributed by atoms with E-state index in [4.69, 9.17) is 0 Å². The number of benzene rings is 1. The van der Waals surface area contributed by atoms with Crippen molar-refractivity contribution in [1.82, 2.24) is 5.32 Å². The number of hydrogen-bond acceptors (Lipinski definition) is 3. The fourth-order valence-electron chi connectivity index (χ4n) is 2.16. The number of carbonyl (C=O) groups excluding carboxylic acids is 2. The van der Waals surface area contributed by atoms with Crippen LogP contribution >= 0.6 is 12.4 Å². The Morgan fingerprint density at radius 1 is 1.15 bits per heavy atom. The Morgan fingerprint density at radius 3 is 2.25 bits per heavy atom. The van der Waals surface area contributed by atoms with Crippen LogP contribution in [0.3, 0.4) is 0 Å². The summed E-state index contributed by atoms with van der Waals surface area (Å²) in [7, 11) is 0. The Hall–Kier alpha value is -1.59. The maximum absolute atomic E-state index is 12.0. The van der Waals surface area contributed by atoms with Crippen LogP contribution in [-0.2, 0) is 9.59 Å². The summed E-state index contributed by atoms with van der Waals surface area (Å²) in [6, 6.07) is 7.13. The SMILES string of the molecule is CC(=O)Nc1ccc(NC(=O)[C@@H]2CCCNC2)cc1.Cl. The Bertz CT molecular complexity index is 456. The molecule has 1 aromatic rings. The summed E-state index contributed by atoms with van der Waals surface area (Å²) in [6.07, 6.45) is 1.97. The van der Waals surface area contributed by atoms with Gasteiger partial charge in [0, 0.05) is 24.8 Å². The van der Waals surface area contributed by atoms with Gasteiger partial charge in [0.1, 0.15) is 0 Å². The summed E-state index contributed by atoms with van der Waals surface area (Å²) in [5.74, 6) is -0.00619. The summed E-state index contributed by atoms with van der Waals surface area (Å²) >= 11 is 0. The van der Waals surface area contributed by atoms with Crippen LogP contribution in [-0.4, -0.2) is 24.9 Å². The monoisotopic (exact) mass is 297 g/mol. The molecule has 0 aromatic heterocycles. The number of nitrogens with one attached hydrogen (secondary N) is 3. The van der Waals surface area contributed by atoms with E-state index in [1.54, 1.807) is 24.3 Å². The molecule has 1 saturated heterocycles. The largest absolute Gasteiger partial charge is 0.326 e. The van der Waals surface area contributed by atoms with Gasteiger partial charge in [0.05, 0.1) is 5.92 Å². The van der Waals surface area contributed by atoms with E-state index in [1.165, 1.54) is 6.92 Å². The molecule has 1 aliphatic rings. The molecule has 1 aliphatic heterocycles. The molecule has 1 aromatic carbocycles. The average molecular weight is 298 g/mol. The lowest BCUT2D eigenvalue weighted by molar-refractivity contribution is -0.120. The van der Waals surface area contributed by atoms with Crippen molar-refractivity contribution in [2.24, 2.45) is 5.92 Å². The number of rotatable bonds is 3. The fraction of sp³-hybridized carbons (Fsp3) is 0.429. The van der Waals surface area contributed by atoms with Gasteiger partial charge in [-0.2, -0.15) is 0 Å². The molecule has 0 unspecified atom stereocenters. The summed E-state index contributed by atoms with van der Waals surface area (Å²) in [6.45, 7) is 3.21. The highest BCUT2D eigenvalue weighted by molar-refractivity contribution is 5.93. The quantitative estimate of drug-likeness (QED) is 0.799. The van der Waals surface area contributed by atoms with E-state index in [-0.39, 0.29) is 30.1 Å². The third-order valence-electron chi connectivity index (χ3n) is 3.14. The van der Waals surface area contributed by atoms with E-state index in [2.05, 4.69) is 16.0 Å². The lowest BCUT2D eigenvalue weighted by Gasteiger charge is -2.21. The summed E-state index contributed by atoms with van der Waals surface area (Å²) in [5.41, 5.74) is 1.48. The van der Waals surface area contributed by atoms with Crippen LogP contribution in [0.4, 0.5) is 11.4 Å². The topological polar surface area (TPSA) is 70.2 Å². The van der Waals surface area contributed by atoms with Gasteiger partial charge in [0.25, 0.3) is 0 Å². The van der Waals surface area contributed by atoms with Gasteiger partial charge < -0.3 is 16.0 Å². The van der Waals surface area contributed by atoms with Crippen LogP contribution in [0.5, 0.6) is 0 Å². The molecule has 3 N–H and O–H groups in total. The van der Waals surface area contributed by atoms with Crippen molar-refractivity contribution in [2.45, 2.75) is 19.8 Å². The molecule has 0 bridgehead atoms. The van der Waals surface area contributed by atoms with E-state index >= 15 is 0 Å². The highest BCUT2D eigenvalue weighted by Gasteiger charge is 2.20. The molecular formula is C14H20ClN3O2. The average Bonchev–Trinajstić information content (AvgIpc) is 2.41. The second kappa shape index (κ2) is 7.87. The number of hydrogen-bond donors (Lipinski definition) is 3. The molecule has 1 fully saturated rings. The first-order valence-electron chi connectivity index (χ1n) is 6.54. The highest BCUT2D eigenvalue weighted by Crippen LogP contribution is 2.16. The summed E-state index contributed by atoms with van der Waals surface area (Å²) < 4.78 is 0. The van der Waals surface area contributed by atoms with E-state index < -0.39 is 0 Å². The van der Waals surface area contributed by atoms with E-state index in [0.717, 1.165) is 37.3 Å². The first-order valence-corrected chi connectivity index (χ1v) is 6.54. The third-order valence-corrected chi connectivity index (χ3v) is 3.14. The smallest absolute Gasteiger partial charge is 0.228 e. The van der Waals surface area contributed by atoms with Crippen LogP contribution in [0.25, 0.3) is 0 Å². The van der Waals surface area contributed by atoms with Crippen molar-refractivity contribution in [3.8, 4) is 0 Å². The van der Waals surface area contributed by atoms with Crippen molar-refractivity contribution in [2.75, 3.05) is 23.7 Å². The van der Waals surface area contributed by atoms with E-state index in [9.17, 15) is 9.59 Å². The van der Waals surface area contributed by atoms with Crippen LogP contribution < -0.4 is 16.0 Å². The Morgan fingerprint density at radius 2 is 1.75 bits per heavy atom. The van der Waals surface area contributed by atoms with Gasteiger partial charge in [-0.15, -0.1) is 12.4 Å². The number of amides is 2. The third kappa shape index (κ3) is 4.83. The standard InChI is InChI=1S/C14H19N3O2.ClH/c1-10(18)16-12-4-6-13(7-5-12)17-14(19)11-3-2-8-15-9-11;/h4-7,11,15H,2-3,8-9H2,1H3,(H,16,18)(H,17,19);1H/t11-;/m1./s1. The normalized spacial score (nSPS) is 17.8. The van der Waals surface area contributed by atoms with Gasteiger partial charge >= 0.3 is 0 Å². The van der Waals surface area contributed by atoms with Crippen molar-refractivity contribution < 1.29 is 9.59 Å². The fourth-order valence-corrected chi connectivity index (χ4v) is 2.16. The highest BCUT2D eigenvalue weighted by atomic mass is 35.5. The maximum atomic E-state index is 12.0. The molecular weight excluding hydrogens is 278 g/mol. The van der Waals surface area contributed by atoms with Crippen LogP contribution in [0, 0.1) is 5.92 Å². The first-order chi connectivity index (χ1) is 9.15. The minimum Gasteiger partial charge on any atom is -0.326 e. The molecule has 110 valence electrons. The van der Waals surface area contributed by atoms with Crippen molar-refractivity contribution >= 4 is 35.6 Å². The lowest BCUT2D eigenvalue weighted by Crippen LogP contribution is -2.37. The van der Waals surface area contributed by atoms with Crippen molar-refractivity contribution in [3.05, 3.63) is 24.3 Å². The molecule has 6 heteroatoms.